The molecule has 0 aromatic heterocycles. The van der Waals surface area contributed by atoms with E-state index in [0.717, 1.165) is 101 Å². The first-order valence-corrected chi connectivity index (χ1v) is 22.2. The summed E-state index contributed by atoms with van der Waals surface area (Å²) in [5.41, 5.74) is 14.5. The lowest BCUT2D eigenvalue weighted by atomic mass is 9.91. The maximum atomic E-state index is 12.6. The fraction of sp³-hybridized carbons (Fsp3) is 0.472. The van der Waals surface area contributed by atoms with E-state index in [9.17, 15) is 19.2 Å². The summed E-state index contributed by atoms with van der Waals surface area (Å²) in [6, 6.07) is 24.6. The highest BCUT2D eigenvalue weighted by Gasteiger charge is 2.24. The van der Waals surface area contributed by atoms with Crippen molar-refractivity contribution >= 4 is 62.2 Å². The van der Waals surface area contributed by atoms with E-state index in [-0.39, 0.29) is 35.3 Å². The monoisotopic (exact) mass is 890 g/mol. The van der Waals surface area contributed by atoms with Crippen LogP contribution in [0.5, 0.6) is 0 Å². The summed E-state index contributed by atoms with van der Waals surface area (Å²) in [5, 5.41) is 5.75. The minimum atomic E-state index is -0.447. The molecule has 0 radical (unpaired) electrons. The first kappa shape index (κ1) is 57.7. The summed E-state index contributed by atoms with van der Waals surface area (Å²) in [6.45, 7) is 30.0. The molecular formula is C53H77Cl2N3O4. The molecule has 0 unspecified atom stereocenters. The van der Waals surface area contributed by atoms with Crippen LogP contribution in [0.2, 0.25) is 0 Å². The zero-order valence-corrected chi connectivity index (χ0v) is 40.0. The second kappa shape index (κ2) is 28.4. The van der Waals surface area contributed by atoms with E-state index in [2.05, 4.69) is 54.6 Å². The van der Waals surface area contributed by atoms with E-state index in [4.69, 9.17) is 28.9 Å². The van der Waals surface area contributed by atoms with Gasteiger partial charge in [0, 0.05) is 31.2 Å². The first-order chi connectivity index (χ1) is 28.3. The number of benzene rings is 3. The van der Waals surface area contributed by atoms with Gasteiger partial charge < -0.3 is 16.4 Å². The number of amides is 2. The largest absolute Gasteiger partial charge is 0.347 e. The predicted molar refractivity (Wildman–Crippen MR) is 267 cm³/mol. The molecule has 0 aliphatic rings. The van der Waals surface area contributed by atoms with Crippen molar-refractivity contribution < 1.29 is 19.2 Å². The lowest BCUT2D eigenvalue weighted by molar-refractivity contribution is -0.124. The average Bonchev–Trinajstić information content (AvgIpc) is 3.17. The lowest BCUT2D eigenvalue weighted by Gasteiger charge is -2.28. The Kier molecular flexibility index (Phi) is 26.4. The van der Waals surface area contributed by atoms with Gasteiger partial charge in [-0.15, -0.1) is 0 Å². The number of halogens is 2. The van der Waals surface area contributed by atoms with Gasteiger partial charge in [0.2, 0.25) is 22.3 Å². The second-order valence-corrected chi connectivity index (χ2v) is 18.5. The van der Waals surface area contributed by atoms with Gasteiger partial charge in [-0.25, -0.2) is 0 Å². The minimum absolute atomic E-state index is 0. The summed E-state index contributed by atoms with van der Waals surface area (Å²) in [5.74, 6) is 0.106. The van der Waals surface area contributed by atoms with Gasteiger partial charge >= 0.3 is 0 Å². The summed E-state index contributed by atoms with van der Waals surface area (Å²) >= 11 is 10.3. The third-order valence-corrected chi connectivity index (χ3v) is 10.6. The van der Waals surface area contributed by atoms with Crippen LogP contribution in [0.4, 0.5) is 0 Å². The molecule has 0 saturated heterocycles. The Labute approximate surface area is 385 Å². The average molecular weight is 891 g/mol. The molecule has 0 spiro atoms. The van der Waals surface area contributed by atoms with Crippen LogP contribution in [0.25, 0.3) is 16.7 Å². The lowest BCUT2D eigenvalue weighted by Crippen LogP contribution is -2.41. The van der Waals surface area contributed by atoms with Gasteiger partial charge in [-0.3, -0.25) is 19.2 Å². The van der Waals surface area contributed by atoms with Crippen molar-refractivity contribution in [3.8, 4) is 0 Å². The molecule has 3 rings (SSSR count). The van der Waals surface area contributed by atoms with Crippen LogP contribution in [0.1, 0.15) is 180 Å². The molecular weight excluding hydrogens is 814 g/mol. The number of hydrogen-bond donors (Lipinski definition) is 3. The van der Waals surface area contributed by atoms with Crippen LogP contribution in [-0.2, 0) is 35.8 Å². The smallest absolute Gasteiger partial charge is 0.221 e. The highest BCUT2D eigenvalue weighted by molar-refractivity contribution is 6.63. The molecule has 342 valence electrons. The number of rotatable bonds is 22. The Hall–Kier alpha value is -4.30. The van der Waals surface area contributed by atoms with Crippen molar-refractivity contribution in [2.75, 3.05) is 0 Å². The van der Waals surface area contributed by atoms with Crippen LogP contribution in [0.15, 0.2) is 92.5 Å². The molecule has 62 heavy (non-hydrogen) atoms. The summed E-state index contributed by atoms with van der Waals surface area (Å²) in [4.78, 5) is 45.7. The quantitative estimate of drug-likeness (QED) is 0.0686. The highest BCUT2D eigenvalue weighted by atomic mass is 35.5. The van der Waals surface area contributed by atoms with Crippen molar-refractivity contribution in [1.82, 2.24) is 10.6 Å². The maximum Gasteiger partial charge on any atom is 0.221 e. The van der Waals surface area contributed by atoms with Gasteiger partial charge in [0.15, 0.2) is 0 Å². The molecule has 7 nitrogen and oxygen atoms in total. The summed E-state index contributed by atoms with van der Waals surface area (Å²) < 4.78 is 0. The van der Waals surface area contributed by atoms with Crippen molar-refractivity contribution in [2.24, 2.45) is 5.73 Å². The van der Waals surface area contributed by atoms with Gasteiger partial charge in [-0.1, -0.05) is 124 Å². The van der Waals surface area contributed by atoms with Crippen molar-refractivity contribution in [3.05, 3.63) is 126 Å². The SMILES string of the molecule is C.C=C(C)c1cccc(C(C)(C)N)c1.C=C(C)c1cccc(C(C)(C)NC(=O)CCCCCCC(=O)NC(C)(C)c2cccc(C(=C)C)c2)c1.O=C(Cl)CCCCCCC(=O)Cl. The second-order valence-electron chi connectivity index (χ2n) is 17.7. The normalized spacial score (nSPS) is 11.0. The van der Waals surface area contributed by atoms with Gasteiger partial charge in [0.05, 0.1) is 11.1 Å². The summed E-state index contributed by atoms with van der Waals surface area (Å²) in [6.07, 6.45) is 8.79. The van der Waals surface area contributed by atoms with Crippen LogP contribution < -0.4 is 16.4 Å². The molecule has 0 aliphatic carbocycles. The zero-order valence-electron chi connectivity index (χ0n) is 38.5. The Bertz CT molecular complexity index is 1830. The number of carbonyl (C=O) groups excluding carboxylic acids is 4. The van der Waals surface area contributed by atoms with E-state index in [1.807, 2.05) is 111 Å². The number of nitrogens with two attached hydrogens (primary N) is 1. The standard InChI is InChI=1S/C32H44N2O2.C12H17N.C8H12Cl2O2.CH4/c1-23(2)25-15-13-17-27(21-25)31(5,6)33-29(35)19-11-9-10-12-20-30(36)34-32(7,8)28-18-14-16-26(22-28)24(3)4;1-9(2)10-6-5-7-11(8-10)12(3,4)13;9-7(11)5-3-1-2-4-6-8(10)12;/h13-18,21-22H,1,3,9-12,19-20H2,2,4-8H3,(H,33,35)(H,34,36);5-8H,1,13H2,2-4H3;1-6H2;1H4. The Morgan fingerprint density at radius 3 is 1.05 bits per heavy atom. The summed E-state index contributed by atoms with van der Waals surface area (Å²) in [7, 11) is 0. The molecule has 0 bridgehead atoms. The van der Waals surface area contributed by atoms with Crippen molar-refractivity contribution in [1.29, 1.82) is 0 Å². The molecule has 0 heterocycles. The number of carbonyl (C=O) groups is 4. The van der Waals surface area contributed by atoms with Crippen molar-refractivity contribution in [3.63, 3.8) is 0 Å². The predicted octanol–water partition coefficient (Wildman–Crippen LogP) is 13.9. The fourth-order valence-electron chi connectivity index (χ4n) is 6.30. The minimum Gasteiger partial charge on any atom is -0.347 e. The number of hydrogen-bond acceptors (Lipinski definition) is 5. The van der Waals surface area contributed by atoms with Crippen LogP contribution in [-0.4, -0.2) is 22.3 Å². The van der Waals surface area contributed by atoms with E-state index in [1.165, 1.54) is 0 Å². The molecule has 3 aromatic carbocycles. The van der Waals surface area contributed by atoms with Gasteiger partial charge in [-0.2, -0.15) is 0 Å². The number of allylic oxidation sites excluding steroid dienone is 3. The Balaban J connectivity index is 0.00000116. The number of nitrogens with one attached hydrogen (secondary N) is 2. The first-order valence-electron chi connectivity index (χ1n) is 21.4. The topological polar surface area (TPSA) is 118 Å². The van der Waals surface area contributed by atoms with Gasteiger partial charge in [-0.05, 0) is 163 Å². The van der Waals surface area contributed by atoms with Gasteiger partial charge in [0.1, 0.15) is 0 Å². The van der Waals surface area contributed by atoms with Crippen LogP contribution >= 0.6 is 23.2 Å². The molecule has 3 aromatic rings. The maximum absolute atomic E-state index is 12.6. The third-order valence-electron chi connectivity index (χ3n) is 10.2. The third kappa shape index (κ3) is 23.8. The molecule has 0 aliphatic heterocycles. The van der Waals surface area contributed by atoms with Crippen molar-refractivity contribution in [2.45, 2.75) is 163 Å². The number of unbranched alkanes of at least 4 members (excludes halogenated alkanes) is 6. The van der Waals surface area contributed by atoms with E-state index in [0.29, 0.717) is 25.7 Å². The van der Waals surface area contributed by atoms with E-state index < -0.39 is 11.1 Å². The Morgan fingerprint density at radius 2 is 0.774 bits per heavy atom. The van der Waals surface area contributed by atoms with E-state index in [1.54, 1.807) is 0 Å². The molecule has 0 saturated carbocycles. The highest BCUT2D eigenvalue weighted by Crippen LogP contribution is 2.26. The zero-order chi connectivity index (χ0) is 46.4. The molecule has 9 heteroatoms. The molecule has 0 fully saturated rings. The van der Waals surface area contributed by atoms with Crippen LogP contribution in [0.3, 0.4) is 0 Å². The molecule has 0 atom stereocenters. The molecule has 2 amide bonds. The fourth-order valence-corrected chi connectivity index (χ4v) is 6.57. The van der Waals surface area contributed by atoms with Crippen LogP contribution in [0, 0.1) is 0 Å². The Morgan fingerprint density at radius 1 is 0.500 bits per heavy atom. The molecule has 4 N–H and O–H groups in total. The van der Waals surface area contributed by atoms with E-state index >= 15 is 0 Å². The van der Waals surface area contributed by atoms with Gasteiger partial charge in [0.25, 0.3) is 0 Å².